The molecule has 1 N–H and O–H groups in total. The van der Waals surface area contributed by atoms with Crippen LogP contribution in [-0.2, 0) is 24.2 Å². The van der Waals surface area contributed by atoms with Gasteiger partial charge in [-0.3, -0.25) is 9.59 Å². The van der Waals surface area contributed by atoms with Gasteiger partial charge >= 0.3 is 0 Å². The second-order valence-corrected chi connectivity index (χ2v) is 6.13. The number of hydrogen-bond donors (Lipinski definition) is 1. The predicted molar refractivity (Wildman–Crippen MR) is 84.7 cm³/mol. The molecule has 1 aromatic heterocycles. The number of carbonyl (C=O) groups excluding carboxylic acids is 1. The van der Waals surface area contributed by atoms with E-state index in [1.54, 1.807) is 0 Å². The Kier molecular flexibility index (Phi) is 4.42. The quantitative estimate of drug-likeness (QED) is 0.937. The van der Waals surface area contributed by atoms with Crippen LogP contribution in [0.5, 0.6) is 0 Å². The summed E-state index contributed by atoms with van der Waals surface area (Å²) in [5.41, 5.74) is 1.10. The summed E-state index contributed by atoms with van der Waals surface area (Å²) in [5, 5.41) is 6.50. The van der Waals surface area contributed by atoms with Gasteiger partial charge in [-0.2, -0.15) is 5.10 Å². The number of hydrogen-bond acceptors (Lipinski definition) is 3. The van der Waals surface area contributed by atoms with Crippen LogP contribution in [0.4, 0.5) is 14.5 Å². The summed E-state index contributed by atoms with van der Waals surface area (Å²) in [6, 6.07) is 4.28. The Morgan fingerprint density at radius 3 is 2.96 bits per heavy atom. The molecule has 0 fully saturated rings. The maximum atomic E-state index is 13.5. The molecule has 1 amide bonds. The molecule has 0 saturated carbocycles. The van der Waals surface area contributed by atoms with Gasteiger partial charge in [0, 0.05) is 12.1 Å². The minimum Gasteiger partial charge on any atom is -0.322 e. The molecule has 0 radical (unpaired) electrons. The zero-order valence-corrected chi connectivity index (χ0v) is 13.2. The lowest BCUT2D eigenvalue weighted by atomic mass is 9.88. The first-order valence-electron chi connectivity index (χ1n) is 7.77. The molecular formula is C17H17F2N3O2. The largest absolute Gasteiger partial charge is 0.322 e. The van der Waals surface area contributed by atoms with E-state index in [4.69, 9.17) is 0 Å². The van der Waals surface area contributed by atoms with Crippen molar-refractivity contribution in [3.05, 3.63) is 57.5 Å². The first-order valence-corrected chi connectivity index (χ1v) is 7.77. The van der Waals surface area contributed by atoms with E-state index < -0.39 is 17.5 Å². The number of halogens is 2. The number of aryl methyl sites for hydroxylation is 1. The lowest BCUT2D eigenvalue weighted by Crippen LogP contribution is -2.32. The number of fused-ring (bicyclic) bond motifs is 1. The van der Waals surface area contributed by atoms with Gasteiger partial charge in [-0.25, -0.2) is 13.5 Å². The molecule has 1 aromatic carbocycles. The number of amides is 1. The molecule has 126 valence electrons. The van der Waals surface area contributed by atoms with Crippen molar-refractivity contribution in [2.45, 2.75) is 32.7 Å². The lowest BCUT2D eigenvalue weighted by molar-refractivity contribution is -0.117. The summed E-state index contributed by atoms with van der Waals surface area (Å²) in [6.07, 6.45) is 2.55. The normalized spacial score (nSPS) is 16.5. The number of aromatic nitrogens is 2. The van der Waals surface area contributed by atoms with Crippen molar-refractivity contribution in [2.24, 2.45) is 5.92 Å². The molecule has 0 unspecified atom stereocenters. The van der Waals surface area contributed by atoms with Crippen LogP contribution in [0.1, 0.15) is 24.6 Å². The van der Waals surface area contributed by atoms with Crippen molar-refractivity contribution in [1.82, 2.24) is 9.78 Å². The summed E-state index contributed by atoms with van der Waals surface area (Å²) in [6.45, 7) is 1.77. The molecule has 1 aliphatic rings. The standard InChI is InChI=1S/C17H17F2N3O2/c1-10-2-5-14-11(6-10)7-17(24)22(21-14)9-16(23)20-15-8-12(18)3-4-13(15)19/h3-4,7-8,10H,2,5-6,9H2,1H3,(H,20,23)/t10-/m0/s1. The van der Waals surface area contributed by atoms with Gasteiger partial charge in [-0.05, 0) is 42.9 Å². The maximum absolute atomic E-state index is 13.5. The third-order valence-corrected chi connectivity index (χ3v) is 4.10. The Hall–Kier alpha value is -2.57. The molecule has 1 heterocycles. The molecule has 0 aliphatic heterocycles. The minimum atomic E-state index is -0.746. The summed E-state index contributed by atoms with van der Waals surface area (Å²) < 4.78 is 27.7. The van der Waals surface area contributed by atoms with E-state index in [0.717, 1.165) is 53.4 Å². The average Bonchev–Trinajstić information content (AvgIpc) is 2.52. The topological polar surface area (TPSA) is 64.0 Å². The lowest BCUT2D eigenvalue weighted by Gasteiger charge is -2.20. The second kappa shape index (κ2) is 6.51. The van der Waals surface area contributed by atoms with E-state index in [1.807, 2.05) is 0 Å². The Labute approximate surface area is 137 Å². The second-order valence-electron chi connectivity index (χ2n) is 6.13. The molecule has 0 saturated heterocycles. The van der Waals surface area contributed by atoms with Crippen LogP contribution < -0.4 is 10.9 Å². The monoisotopic (exact) mass is 333 g/mol. The van der Waals surface area contributed by atoms with Gasteiger partial charge in [-0.1, -0.05) is 6.92 Å². The van der Waals surface area contributed by atoms with E-state index in [2.05, 4.69) is 17.3 Å². The molecule has 1 aliphatic carbocycles. The van der Waals surface area contributed by atoms with E-state index in [1.165, 1.54) is 6.07 Å². The van der Waals surface area contributed by atoms with Crippen LogP contribution in [0.2, 0.25) is 0 Å². The Morgan fingerprint density at radius 1 is 1.38 bits per heavy atom. The number of nitrogens with zero attached hydrogens (tertiary/aromatic N) is 2. The summed E-state index contributed by atoms with van der Waals surface area (Å²) in [5.74, 6) is -1.54. The summed E-state index contributed by atoms with van der Waals surface area (Å²) >= 11 is 0. The molecule has 0 spiro atoms. The van der Waals surface area contributed by atoms with Crippen LogP contribution >= 0.6 is 0 Å². The van der Waals surface area contributed by atoms with E-state index in [9.17, 15) is 18.4 Å². The fourth-order valence-corrected chi connectivity index (χ4v) is 2.85. The van der Waals surface area contributed by atoms with Crippen molar-refractivity contribution >= 4 is 11.6 Å². The van der Waals surface area contributed by atoms with Crippen molar-refractivity contribution in [3.8, 4) is 0 Å². The highest BCUT2D eigenvalue weighted by Crippen LogP contribution is 2.22. The predicted octanol–water partition coefficient (Wildman–Crippen LogP) is 2.29. The maximum Gasteiger partial charge on any atom is 0.267 e. The van der Waals surface area contributed by atoms with Crippen molar-refractivity contribution in [2.75, 3.05) is 5.32 Å². The number of carbonyl (C=O) groups is 1. The fraction of sp³-hybridized carbons (Fsp3) is 0.353. The average molecular weight is 333 g/mol. The minimum absolute atomic E-state index is 0.264. The zero-order valence-electron chi connectivity index (χ0n) is 13.2. The SMILES string of the molecule is C[C@H]1CCc2nn(CC(=O)Nc3cc(F)ccc3F)c(=O)cc2C1. The highest BCUT2D eigenvalue weighted by molar-refractivity contribution is 5.90. The van der Waals surface area contributed by atoms with Gasteiger partial charge in [0.15, 0.2) is 0 Å². The Balaban J connectivity index is 1.77. The molecule has 3 rings (SSSR count). The van der Waals surface area contributed by atoms with Crippen LogP contribution in [0.25, 0.3) is 0 Å². The number of benzene rings is 1. The van der Waals surface area contributed by atoms with Crippen LogP contribution in [-0.4, -0.2) is 15.7 Å². The van der Waals surface area contributed by atoms with Crippen LogP contribution in [0.3, 0.4) is 0 Å². The van der Waals surface area contributed by atoms with E-state index in [0.29, 0.717) is 5.92 Å². The van der Waals surface area contributed by atoms with Gasteiger partial charge in [-0.15, -0.1) is 0 Å². The molecule has 7 heteroatoms. The van der Waals surface area contributed by atoms with Gasteiger partial charge in [0.2, 0.25) is 5.91 Å². The van der Waals surface area contributed by atoms with Crippen LogP contribution in [0.15, 0.2) is 29.1 Å². The van der Waals surface area contributed by atoms with Gasteiger partial charge in [0.05, 0.1) is 11.4 Å². The third kappa shape index (κ3) is 3.50. The molecule has 0 bridgehead atoms. The van der Waals surface area contributed by atoms with Gasteiger partial charge in [0.25, 0.3) is 5.56 Å². The molecule has 1 atom stereocenters. The third-order valence-electron chi connectivity index (χ3n) is 4.10. The molecule has 2 aromatic rings. The summed E-state index contributed by atoms with van der Waals surface area (Å²) in [4.78, 5) is 24.1. The van der Waals surface area contributed by atoms with Crippen molar-refractivity contribution in [1.29, 1.82) is 0 Å². The molecular weight excluding hydrogens is 316 g/mol. The number of rotatable bonds is 3. The van der Waals surface area contributed by atoms with Gasteiger partial charge in [0.1, 0.15) is 18.2 Å². The van der Waals surface area contributed by atoms with Crippen molar-refractivity contribution < 1.29 is 13.6 Å². The molecule has 5 nitrogen and oxygen atoms in total. The fourth-order valence-electron chi connectivity index (χ4n) is 2.85. The first kappa shape index (κ1) is 16.3. The molecule has 24 heavy (non-hydrogen) atoms. The van der Waals surface area contributed by atoms with Crippen molar-refractivity contribution in [3.63, 3.8) is 0 Å². The Morgan fingerprint density at radius 2 is 2.17 bits per heavy atom. The van der Waals surface area contributed by atoms with E-state index >= 15 is 0 Å². The number of anilines is 1. The first-order chi connectivity index (χ1) is 11.4. The van der Waals surface area contributed by atoms with E-state index in [-0.39, 0.29) is 17.8 Å². The van der Waals surface area contributed by atoms with Gasteiger partial charge < -0.3 is 5.32 Å². The highest BCUT2D eigenvalue weighted by atomic mass is 19.1. The smallest absolute Gasteiger partial charge is 0.267 e. The Bertz CT molecular complexity index is 848. The highest BCUT2D eigenvalue weighted by Gasteiger charge is 2.19. The summed E-state index contributed by atoms with van der Waals surface area (Å²) in [7, 11) is 0. The number of nitrogens with one attached hydrogen (secondary N) is 1. The van der Waals surface area contributed by atoms with Crippen LogP contribution in [0, 0.1) is 17.6 Å². The zero-order chi connectivity index (χ0) is 17.3.